The first-order valence-corrected chi connectivity index (χ1v) is 5.19. The molecule has 12 heavy (non-hydrogen) atoms. The normalized spacial score (nSPS) is 25.4. The first kappa shape index (κ1) is 8.86. The van der Waals surface area contributed by atoms with Crippen LogP contribution in [0.4, 0.5) is 0 Å². The van der Waals surface area contributed by atoms with Gasteiger partial charge in [0.05, 0.1) is 0 Å². The molecule has 0 spiro atoms. The van der Waals surface area contributed by atoms with Crippen molar-refractivity contribution in [2.45, 2.75) is 16.7 Å². The Balaban J connectivity index is 2.26. The molecule has 63 valence electrons. The summed E-state index contributed by atoms with van der Waals surface area (Å²) >= 11 is 15.2. The Hall–Kier alpha value is 0.280. The van der Waals surface area contributed by atoms with Gasteiger partial charge in [-0.1, -0.05) is 22.0 Å². The molecule has 3 heteroatoms. The van der Waals surface area contributed by atoms with E-state index in [2.05, 4.69) is 22.0 Å². The van der Waals surface area contributed by atoms with Crippen LogP contribution in [0.25, 0.3) is 0 Å². The molecule has 0 amide bonds. The molecule has 1 radical (unpaired) electrons. The topological polar surface area (TPSA) is 0 Å². The van der Waals surface area contributed by atoms with Crippen molar-refractivity contribution in [3.8, 4) is 0 Å². The Morgan fingerprint density at radius 1 is 1.50 bits per heavy atom. The molecule has 1 saturated carbocycles. The molecule has 1 aromatic rings. The first-order chi connectivity index (χ1) is 5.59. The molecule has 0 aromatic heterocycles. The summed E-state index contributed by atoms with van der Waals surface area (Å²) in [6.45, 7) is 0. The fourth-order valence-electron chi connectivity index (χ4n) is 1.24. The van der Waals surface area contributed by atoms with Gasteiger partial charge in [-0.15, -0.1) is 23.2 Å². The minimum absolute atomic E-state index is 0.287. The molecule has 1 aliphatic carbocycles. The van der Waals surface area contributed by atoms with Crippen LogP contribution in [0, 0.1) is 6.07 Å². The maximum absolute atomic E-state index is 5.93. The molecule has 1 aliphatic rings. The van der Waals surface area contributed by atoms with Crippen LogP contribution in [-0.2, 0) is 0 Å². The van der Waals surface area contributed by atoms with Gasteiger partial charge in [0, 0.05) is 10.4 Å². The van der Waals surface area contributed by atoms with Gasteiger partial charge in [0.1, 0.15) is 4.33 Å². The smallest absolute Gasteiger partial charge is 0.101 e. The standard InChI is InChI=1S/C9H6BrCl2/c10-7-3-1-2-6(4-7)8-5-9(8,11)12/h2-4,8H,5H2. The number of hydrogen-bond donors (Lipinski definition) is 0. The highest BCUT2D eigenvalue weighted by Gasteiger charge is 2.52. The van der Waals surface area contributed by atoms with Gasteiger partial charge in [0.2, 0.25) is 0 Å². The fraction of sp³-hybridized carbons (Fsp3) is 0.333. The number of halogens is 3. The highest BCUT2D eigenvalue weighted by molar-refractivity contribution is 9.10. The Morgan fingerprint density at radius 3 is 2.67 bits per heavy atom. The van der Waals surface area contributed by atoms with Gasteiger partial charge in [-0.25, -0.2) is 0 Å². The third-order valence-corrected chi connectivity index (χ3v) is 3.30. The molecule has 2 rings (SSSR count). The van der Waals surface area contributed by atoms with Crippen LogP contribution in [0.1, 0.15) is 17.9 Å². The van der Waals surface area contributed by atoms with Crippen molar-refractivity contribution in [2.24, 2.45) is 0 Å². The van der Waals surface area contributed by atoms with Gasteiger partial charge < -0.3 is 0 Å². The van der Waals surface area contributed by atoms with E-state index >= 15 is 0 Å². The average molecular weight is 265 g/mol. The van der Waals surface area contributed by atoms with E-state index < -0.39 is 4.33 Å². The summed E-state index contributed by atoms with van der Waals surface area (Å²) < 4.78 is 0.491. The fourth-order valence-corrected chi connectivity index (χ4v) is 2.19. The van der Waals surface area contributed by atoms with Gasteiger partial charge in [-0.2, -0.15) is 0 Å². The van der Waals surface area contributed by atoms with Gasteiger partial charge in [-0.3, -0.25) is 0 Å². The molecule has 0 N–H and O–H groups in total. The van der Waals surface area contributed by atoms with Crippen LogP contribution in [0.5, 0.6) is 0 Å². The van der Waals surface area contributed by atoms with Crippen LogP contribution in [0.15, 0.2) is 22.7 Å². The van der Waals surface area contributed by atoms with Crippen LogP contribution < -0.4 is 0 Å². The van der Waals surface area contributed by atoms with Crippen molar-refractivity contribution in [1.82, 2.24) is 0 Å². The quantitative estimate of drug-likeness (QED) is 0.675. The second-order valence-electron chi connectivity index (χ2n) is 3.00. The van der Waals surface area contributed by atoms with Crippen molar-refractivity contribution in [1.29, 1.82) is 0 Å². The molecule has 1 unspecified atom stereocenters. The summed E-state index contributed by atoms with van der Waals surface area (Å²) in [4.78, 5) is 0. The molecule has 0 heterocycles. The summed E-state index contributed by atoms with van der Waals surface area (Å²) in [5.74, 6) is 0.287. The number of hydrogen-bond acceptors (Lipinski definition) is 0. The SMILES string of the molecule is ClC1(Cl)CC1c1c[c]cc(Br)c1. The Morgan fingerprint density at radius 2 is 2.17 bits per heavy atom. The van der Waals surface area contributed by atoms with E-state index in [1.807, 2.05) is 18.2 Å². The molecule has 1 atom stereocenters. The predicted octanol–water partition coefficient (Wildman–Crippen LogP) is 3.91. The lowest BCUT2D eigenvalue weighted by atomic mass is 10.1. The van der Waals surface area contributed by atoms with E-state index in [9.17, 15) is 0 Å². The molecule has 1 fully saturated rings. The molecule has 0 bridgehead atoms. The number of rotatable bonds is 1. The second-order valence-corrected chi connectivity index (χ2v) is 5.46. The Labute approximate surface area is 90.0 Å². The lowest BCUT2D eigenvalue weighted by molar-refractivity contribution is 1.10. The summed E-state index contributed by atoms with van der Waals surface area (Å²) in [7, 11) is 0. The van der Waals surface area contributed by atoms with Crippen LogP contribution in [0.2, 0.25) is 0 Å². The molecule has 1 aromatic carbocycles. The van der Waals surface area contributed by atoms with E-state index in [0.29, 0.717) is 0 Å². The monoisotopic (exact) mass is 263 g/mol. The summed E-state index contributed by atoms with van der Waals surface area (Å²) in [5.41, 5.74) is 1.16. The Bertz CT molecular complexity index is 309. The lowest BCUT2D eigenvalue weighted by Gasteiger charge is -2.00. The van der Waals surface area contributed by atoms with Gasteiger partial charge in [-0.05, 0) is 30.2 Å². The van der Waals surface area contributed by atoms with E-state index in [-0.39, 0.29) is 5.92 Å². The van der Waals surface area contributed by atoms with E-state index in [1.54, 1.807) is 0 Å². The van der Waals surface area contributed by atoms with Crippen LogP contribution in [0.3, 0.4) is 0 Å². The first-order valence-electron chi connectivity index (χ1n) is 3.64. The summed E-state index contributed by atoms with van der Waals surface area (Å²) in [6.07, 6.45) is 0.848. The lowest BCUT2D eigenvalue weighted by Crippen LogP contribution is -1.89. The zero-order valence-electron chi connectivity index (χ0n) is 6.15. The van der Waals surface area contributed by atoms with Crippen LogP contribution in [-0.4, -0.2) is 4.33 Å². The van der Waals surface area contributed by atoms with Gasteiger partial charge in [0.15, 0.2) is 0 Å². The highest BCUT2D eigenvalue weighted by Crippen LogP contribution is 2.59. The van der Waals surface area contributed by atoms with Crippen LogP contribution >= 0.6 is 39.1 Å². The van der Waals surface area contributed by atoms with E-state index in [1.165, 1.54) is 0 Å². The third kappa shape index (κ3) is 1.63. The maximum atomic E-state index is 5.93. The van der Waals surface area contributed by atoms with Crippen molar-refractivity contribution in [3.05, 3.63) is 34.3 Å². The number of alkyl halides is 2. The summed E-state index contributed by atoms with van der Waals surface area (Å²) in [5, 5.41) is 0. The molecule has 0 saturated heterocycles. The molecular formula is C9H6BrCl2. The second kappa shape index (κ2) is 2.90. The minimum Gasteiger partial charge on any atom is -0.101 e. The van der Waals surface area contributed by atoms with Crippen molar-refractivity contribution in [3.63, 3.8) is 0 Å². The predicted molar refractivity (Wildman–Crippen MR) is 54.8 cm³/mol. The average Bonchev–Trinajstić information content (AvgIpc) is 2.60. The van der Waals surface area contributed by atoms with Crippen molar-refractivity contribution >= 4 is 39.1 Å². The highest BCUT2D eigenvalue weighted by atomic mass is 79.9. The number of benzene rings is 1. The van der Waals surface area contributed by atoms with Crippen molar-refractivity contribution < 1.29 is 0 Å². The van der Waals surface area contributed by atoms with E-state index in [4.69, 9.17) is 23.2 Å². The van der Waals surface area contributed by atoms with Gasteiger partial charge in [0.25, 0.3) is 0 Å². The van der Waals surface area contributed by atoms with Crippen molar-refractivity contribution in [2.75, 3.05) is 0 Å². The minimum atomic E-state index is -0.533. The van der Waals surface area contributed by atoms with E-state index in [0.717, 1.165) is 16.5 Å². The molecular weight excluding hydrogens is 259 g/mol. The zero-order valence-corrected chi connectivity index (χ0v) is 9.25. The third-order valence-electron chi connectivity index (χ3n) is 2.00. The zero-order chi connectivity index (χ0) is 8.77. The van der Waals surface area contributed by atoms with Gasteiger partial charge >= 0.3 is 0 Å². The summed E-state index contributed by atoms with van der Waals surface area (Å²) in [6, 6.07) is 8.86. The molecule has 0 nitrogen and oxygen atoms in total. The molecule has 0 aliphatic heterocycles. The maximum Gasteiger partial charge on any atom is 0.125 e. The Kier molecular flexibility index (Phi) is 2.14. The largest absolute Gasteiger partial charge is 0.125 e.